The van der Waals surface area contributed by atoms with Gasteiger partial charge in [0.2, 0.25) is 0 Å². The van der Waals surface area contributed by atoms with Crippen LogP contribution in [0.4, 0.5) is 11.4 Å². The fourth-order valence-corrected chi connectivity index (χ4v) is 2.20. The van der Waals surface area contributed by atoms with Crippen LogP contribution in [0, 0.1) is 0 Å². The minimum atomic E-state index is -0.469. The maximum absolute atomic E-state index is 12.0. The van der Waals surface area contributed by atoms with Crippen molar-refractivity contribution >= 4 is 28.9 Å². The molecule has 0 heterocycles. The van der Waals surface area contributed by atoms with Gasteiger partial charge in [-0.05, 0) is 26.0 Å². The van der Waals surface area contributed by atoms with Gasteiger partial charge in [0.1, 0.15) is 0 Å². The molecule has 0 unspecified atom stereocenters. The molecule has 0 fully saturated rings. The van der Waals surface area contributed by atoms with Crippen LogP contribution in [0.25, 0.3) is 0 Å². The van der Waals surface area contributed by atoms with E-state index < -0.39 is 5.97 Å². The monoisotopic (exact) mass is 286 g/mol. The molecule has 0 amide bonds. The van der Waals surface area contributed by atoms with E-state index in [1.165, 1.54) is 0 Å². The second-order valence-electron chi connectivity index (χ2n) is 3.92. The Labute approximate surface area is 117 Å². The van der Waals surface area contributed by atoms with Crippen LogP contribution in [0.5, 0.6) is 0 Å². The summed E-state index contributed by atoms with van der Waals surface area (Å²) >= 11 is 6.18. The highest BCUT2D eigenvalue weighted by Crippen LogP contribution is 2.33. The fraction of sp³-hybridized carbons (Fsp3) is 0.462. The molecule has 1 rings (SSSR count). The van der Waals surface area contributed by atoms with Gasteiger partial charge in [0.25, 0.3) is 0 Å². The summed E-state index contributed by atoms with van der Waals surface area (Å²) in [6, 6.07) is 3.12. The van der Waals surface area contributed by atoms with Gasteiger partial charge in [0.15, 0.2) is 0 Å². The molecule has 5 nitrogen and oxygen atoms in total. The van der Waals surface area contributed by atoms with E-state index in [9.17, 15) is 4.79 Å². The maximum Gasteiger partial charge on any atom is 0.340 e. The van der Waals surface area contributed by atoms with E-state index in [1.54, 1.807) is 19.1 Å². The van der Waals surface area contributed by atoms with Crippen molar-refractivity contribution in [2.45, 2.75) is 13.8 Å². The van der Waals surface area contributed by atoms with Gasteiger partial charge < -0.3 is 20.5 Å². The molecule has 0 saturated carbocycles. The van der Waals surface area contributed by atoms with Crippen LogP contribution < -0.4 is 10.6 Å². The summed E-state index contributed by atoms with van der Waals surface area (Å²) in [5.74, 6) is -0.469. The Bertz CT molecular complexity index is 452. The number of carbonyl (C=O) groups excluding carboxylic acids is 1. The van der Waals surface area contributed by atoms with Crippen LogP contribution in [0.15, 0.2) is 12.1 Å². The number of aliphatic hydroxyl groups is 1. The smallest absolute Gasteiger partial charge is 0.340 e. The molecular weight excluding hydrogens is 268 g/mol. The summed E-state index contributed by atoms with van der Waals surface area (Å²) in [5, 5.41) is 9.46. The maximum atomic E-state index is 12.0. The molecule has 0 spiro atoms. The molecule has 0 atom stereocenters. The lowest BCUT2D eigenvalue weighted by atomic mass is 10.1. The van der Waals surface area contributed by atoms with Gasteiger partial charge in [-0.2, -0.15) is 0 Å². The Morgan fingerprint density at radius 3 is 2.68 bits per heavy atom. The van der Waals surface area contributed by atoms with E-state index in [4.69, 9.17) is 27.2 Å². The summed E-state index contributed by atoms with van der Waals surface area (Å²) < 4.78 is 5.01. The molecule has 0 bridgehead atoms. The Morgan fingerprint density at radius 2 is 2.16 bits per heavy atom. The Kier molecular flexibility index (Phi) is 5.92. The number of anilines is 2. The first-order chi connectivity index (χ1) is 9.04. The zero-order valence-electron chi connectivity index (χ0n) is 11.1. The third-order valence-electron chi connectivity index (χ3n) is 2.65. The zero-order chi connectivity index (χ0) is 14.4. The number of nitrogen functional groups attached to an aromatic ring is 1. The highest BCUT2D eigenvalue weighted by atomic mass is 35.5. The lowest BCUT2D eigenvalue weighted by molar-refractivity contribution is 0.0527. The van der Waals surface area contributed by atoms with Crippen molar-refractivity contribution in [3.8, 4) is 0 Å². The Morgan fingerprint density at radius 1 is 1.47 bits per heavy atom. The Hall–Kier alpha value is -1.46. The molecule has 0 aliphatic rings. The third kappa shape index (κ3) is 3.75. The number of nitrogens with zero attached hydrogens (tertiary/aromatic N) is 1. The van der Waals surface area contributed by atoms with Gasteiger partial charge in [-0.15, -0.1) is 0 Å². The summed E-state index contributed by atoms with van der Waals surface area (Å²) in [4.78, 5) is 13.8. The largest absolute Gasteiger partial charge is 0.462 e. The van der Waals surface area contributed by atoms with Gasteiger partial charge in [-0.25, -0.2) is 4.79 Å². The van der Waals surface area contributed by atoms with Crippen molar-refractivity contribution in [3.63, 3.8) is 0 Å². The van der Waals surface area contributed by atoms with E-state index in [0.29, 0.717) is 35.1 Å². The molecule has 1 aromatic carbocycles. The number of nitrogens with two attached hydrogens (primary N) is 1. The molecule has 19 heavy (non-hydrogen) atoms. The van der Waals surface area contributed by atoms with Crippen molar-refractivity contribution in [2.75, 3.05) is 36.9 Å². The number of esters is 1. The van der Waals surface area contributed by atoms with E-state index in [0.717, 1.165) is 0 Å². The van der Waals surface area contributed by atoms with E-state index >= 15 is 0 Å². The quantitative estimate of drug-likeness (QED) is 0.617. The van der Waals surface area contributed by atoms with Crippen LogP contribution in [-0.4, -0.2) is 37.4 Å². The topological polar surface area (TPSA) is 75.8 Å². The molecule has 6 heteroatoms. The lowest BCUT2D eigenvalue weighted by Crippen LogP contribution is -2.28. The van der Waals surface area contributed by atoms with E-state index in [2.05, 4.69) is 0 Å². The van der Waals surface area contributed by atoms with Gasteiger partial charge in [-0.3, -0.25) is 0 Å². The van der Waals surface area contributed by atoms with Gasteiger partial charge in [0.05, 0.1) is 29.5 Å². The van der Waals surface area contributed by atoms with Crippen molar-refractivity contribution in [1.29, 1.82) is 0 Å². The van der Waals surface area contributed by atoms with Gasteiger partial charge in [0, 0.05) is 18.8 Å². The Balaban J connectivity index is 3.30. The standard InChI is InChI=1S/C13H19ClN2O3/c1-3-16(5-6-17)12-10(13(18)19-4-2)7-9(15)8-11(12)14/h7-8,17H,3-6,15H2,1-2H3. The first kappa shape index (κ1) is 15.6. The highest BCUT2D eigenvalue weighted by Gasteiger charge is 2.20. The minimum Gasteiger partial charge on any atom is -0.462 e. The minimum absolute atomic E-state index is 0.0309. The highest BCUT2D eigenvalue weighted by molar-refractivity contribution is 6.34. The number of likely N-dealkylation sites (N-methyl/N-ethyl adjacent to an activating group) is 1. The third-order valence-corrected chi connectivity index (χ3v) is 2.94. The van der Waals surface area contributed by atoms with E-state index in [-0.39, 0.29) is 13.2 Å². The van der Waals surface area contributed by atoms with Crippen LogP contribution in [0.2, 0.25) is 5.02 Å². The molecule has 0 aliphatic heterocycles. The summed E-state index contributed by atoms with van der Waals surface area (Å²) in [5.41, 5.74) is 6.99. The molecule has 0 radical (unpaired) electrons. The molecule has 106 valence electrons. The van der Waals surface area contributed by atoms with Gasteiger partial charge >= 0.3 is 5.97 Å². The molecule has 1 aromatic rings. The second kappa shape index (κ2) is 7.21. The predicted molar refractivity (Wildman–Crippen MR) is 76.8 cm³/mol. The number of aliphatic hydroxyl groups excluding tert-OH is 1. The molecule has 0 aliphatic carbocycles. The predicted octanol–water partition coefficient (Wildman–Crippen LogP) is 1.92. The number of hydrogen-bond donors (Lipinski definition) is 2. The van der Waals surface area contributed by atoms with Crippen LogP contribution in [0.3, 0.4) is 0 Å². The number of halogens is 1. The normalized spacial score (nSPS) is 10.3. The number of hydrogen-bond acceptors (Lipinski definition) is 5. The number of carbonyl (C=O) groups is 1. The van der Waals surface area contributed by atoms with Crippen LogP contribution in [0.1, 0.15) is 24.2 Å². The first-order valence-electron chi connectivity index (χ1n) is 6.17. The van der Waals surface area contributed by atoms with Crippen molar-refractivity contribution < 1.29 is 14.6 Å². The van der Waals surface area contributed by atoms with Gasteiger partial charge in [-0.1, -0.05) is 11.6 Å². The second-order valence-corrected chi connectivity index (χ2v) is 4.33. The number of ether oxygens (including phenoxy) is 1. The number of benzene rings is 1. The average molecular weight is 287 g/mol. The average Bonchev–Trinajstić information content (AvgIpc) is 2.36. The van der Waals surface area contributed by atoms with Crippen LogP contribution >= 0.6 is 11.6 Å². The molecule has 0 aromatic heterocycles. The first-order valence-corrected chi connectivity index (χ1v) is 6.54. The SMILES string of the molecule is CCOC(=O)c1cc(N)cc(Cl)c1N(CC)CCO. The van der Waals surface area contributed by atoms with Crippen molar-refractivity contribution in [2.24, 2.45) is 0 Å². The van der Waals surface area contributed by atoms with E-state index in [1.807, 2.05) is 11.8 Å². The van der Waals surface area contributed by atoms with Crippen molar-refractivity contribution in [1.82, 2.24) is 0 Å². The molecular formula is C13H19ClN2O3. The summed E-state index contributed by atoms with van der Waals surface area (Å²) in [6.45, 7) is 4.88. The number of rotatable bonds is 6. The molecule has 3 N–H and O–H groups in total. The van der Waals surface area contributed by atoms with Crippen molar-refractivity contribution in [3.05, 3.63) is 22.7 Å². The fourth-order valence-electron chi connectivity index (χ4n) is 1.85. The van der Waals surface area contributed by atoms with Crippen LogP contribution in [-0.2, 0) is 4.74 Å². The summed E-state index contributed by atoms with van der Waals surface area (Å²) in [6.07, 6.45) is 0. The molecule has 0 saturated heterocycles. The lowest BCUT2D eigenvalue weighted by Gasteiger charge is -2.25. The zero-order valence-corrected chi connectivity index (χ0v) is 11.9. The summed E-state index contributed by atoms with van der Waals surface area (Å²) in [7, 11) is 0.